The Morgan fingerprint density at radius 2 is 1.67 bits per heavy atom. The molecule has 27 heavy (non-hydrogen) atoms. The topological polar surface area (TPSA) is 57.7 Å². The van der Waals surface area contributed by atoms with Crippen LogP contribution in [0.5, 0.6) is 0 Å². The van der Waals surface area contributed by atoms with Crippen molar-refractivity contribution < 1.29 is 13.2 Å². The summed E-state index contributed by atoms with van der Waals surface area (Å²) in [7, 11) is -1.80. The second kappa shape index (κ2) is 7.82. The van der Waals surface area contributed by atoms with E-state index in [9.17, 15) is 13.2 Å². The minimum absolute atomic E-state index is 0.174. The van der Waals surface area contributed by atoms with Gasteiger partial charge in [-0.1, -0.05) is 35.9 Å². The molecule has 2 aromatic carbocycles. The first-order chi connectivity index (χ1) is 12.8. The number of hydrogen-bond acceptors (Lipinski definition) is 3. The summed E-state index contributed by atoms with van der Waals surface area (Å²) in [4.78, 5) is 14.8. The highest BCUT2D eigenvalue weighted by Crippen LogP contribution is 2.24. The number of benzene rings is 2. The number of hydrogen-bond donors (Lipinski definition) is 0. The van der Waals surface area contributed by atoms with E-state index in [1.807, 2.05) is 38.1 Å². The lowest BCUT2D eigenvalue weighted by atomic mass is 10.1. The van der Waals surface area contributed by atoms with Gasteiger partial charge in [0.15, 0.2) is 0 Å². The third-order valence-corrected chi connectivity index (χ3v) is 6.92. The van der Waals surface area contributed by atoms with Crippen LogP contribution in [0.15, 0.2) is 47.4 Å². The summed E-state index contributed by atoms with van der Waals surface area (Å²) in [5, 5.41) is 0. The van der Waals surface area contributed by atoms with Crippen molar-refractivity contribution in [1.82, 2.24) is 9.21 Å². The first-order valence-corrected chi connectivity index (χ1v) is 10.6. The Labute approximate surface area is 161 Å². The molecule has 0 atom stereocenters. The molecule has 0 saturated carbocycles. The molecule has 0 N–H and O–H groups in total. The Balaban J connectivity index is 1.84. The van der Waals surface area contributed by atoms with Crippen molar-refractivity contribution in [3.05, 3.63) is 64.7 Å². The Hall–Kier alpha value is -2.18. The van der Waals surface area contributed by atoms with Crippen molar-refractivity contribution >= 4 is 15.9 Å². The van der Waals surface area contributed by atoms with E-state index in [0.717, 1.165) is 24.0 Å². The van der Waals surface area contributed by atoms with Crippen molar-refractivity contribution in [1.29, 1.82) is 0 Å². The quantitative estimate of drug-likeness (QED) is 0.792. The predicted octanol–water partition coefficient (Wildman–Crippen LogP) is 3.36. The van der Waals surface area contributed by atoms with Crippen LogP contribution < -0.4 is 0 Å². The molecule has 6 heteroatoms. The lowest BCUT2D eigenvalue weighted by molar-refractivity contribution is 0.0784. The maximum absolute atomic E-state index is 13.0. The van der Waals surface area contributed by atoms with Crippen LogP contribution in [-0.4, -0.2) is 43.7 Å². The molecule has 1 aliphatic rings. The zero-order valence-electron chi connectivity index (χ0n) is 16.1. The highest BCUT2D eigenvalue weighted by molar-refractivity contribution is 7.89. The van der Waals surface area contributed by atoms with Crippen molar-refractivity contribution in [2.45, 2.75) is 38.1 Å². The minimum Gasteiger partial charge on any atom is -0.337 e. The number of aryl methyl sites for hydroxylation is 2. The minimum atomic E-state index is -3.54. The summed E-state index contributed by atoms with van der Waals surface area (Å²) in [6, 6.07) is 12.9. The van der Waals surface area contributed by atoms with Gasteiger partial charge in [0.25, 0.3) is 5.91 Å². The van der Waals surface area contributed by atoms with E-state index >= 15 is 0 Å². The Bertz CT molecular complexity index is 930. The molecule has 1 amide bonds. The van der Waals surface area contributed by atoms with E-state index in [4.69, 9.17) is 0 Å². The monoisotopic (exact) mass is 386 g/mol. The van der Waals surface area contributed by atoms with Crippen molar-refractivity contribution in [2.24, 2.45) is 0 Å². The molecule has 0 unspecified atom stereocenters. The van der Waals surface area contributed by atoms with Crippen LogP contribution in [0.25, 0.3) is 0 Å². The highest BCUT2D eigenvalue weighted by Gasteiger charge is 2.28. The zero-order chi connectivity index (χ0) is 19.6. The molecule has 1 aliphatic heterocycles. The maximum atomic E-state index is 13.0. The first-order valence-electron chi connectivity index (χ1n) is 9.21. The summed E-state index contributed by atoms with van der Waals surface area (Å²) in [6.07, 6.45) is 1.77. The van der Waals surface area contributed by atoms with Crippen LogP contribution in [0.2, 0.25) is 0 Å². The normalized spacial score (nSPS) is 15.1. The number of carbonyl (C=O) groups excluding carboxylic acids is 1. The Kier molecular flexibility index (Phi) is 5.67. The molecule has 2 aromatic rings. The molecule has 0 aliphatic carbocycles. The fourth-order valence-corrected chi connectivity index (χ4v) is 4.86. The van der Waals surface area contributed by atoms with Gasteiger partial charge in [-0.3, -0.25) is 4.79 Å². The van der Waals surface area contributed by atoms with Crippen molar-refractivity contribution in [3.63, 3.8) is 0 Å². The Morgan fingerprint density at radius 1 is 1.04 bits per heavy atom. The van der Waals surface area contributed by atoms with Gasteiger partial charge in [-0.2, -0.15) is 4.31 Å². The number of rotatable bonds is 5. The summed E-state index contributed by atoms with van der Waals surface area (Å²) >= 11 is 0. The fourth-order valence-electron chi connectivity index (χ4n) is 3.31. The zero-order valence-corrected chi connectivity index (χ0v) is 16.9. The van der Waals surface area contributed by atoms with E-state index in [1.54, 1.807) is 24.1 Å². The molecule has 0 radical (unpaired) electrons. The standard InChI is InChI=1S/C21H26N2O3S/c1-16-6-9-18(10-7-16)15-22(3)21(24)20-14-19(11-8-17(20)2)27(25,26)23-12-4-5-13-23/h6-11,14H,4-5,12-13,15H2,1-3H3. The van der Waals surface area contributed by atoms with Crippen LogP contribution in [-0.2, 0) is 16.6 Å². The molecule has 144 valence electrons. The van der Waals surface area contributed by atoms with Gasteiger partial charge in [0.05, 0.1) is 4.90 Å². The van der Waals surface area contributed by atoms with Gasteiger partial charge >= 0.3 is 0 Å². The lowest BCUT2D eigenvalue weighted by Crippen LogP contribution is -2.29. The molecular weight excluding hydrogens is 360 g/mol. The number of carbonyl (C=O) groups is 1. The van der Waals surface area contributed by atoms with Gasteiger partial charge < -0.3 is 4.90 Å². The van der Waals surface area contributed by atoms with E-state index in [1.165, 1.54) is 15.9 Å². The largest absolute Gasteiger partial charge is 0.337 e. The van der Waals surface area contributed by atoms with E-state index < -0.39 is 10.0 Å². The number of amides is 1. The first kappa shape index (κ1) is 19.6. The van der Waals surface area contributed by atoms with Gasteiger partial charge in [0.1, 0.15) is 0 Å². The second-order valence-corrected chi connectivity index (χ2v) is 9.17. The van der Waals surface area contributed by atoms with Crippen molar-refractivity contribution in [2.75, 3.05) is 20.1 Å². The maximum Gasteiger partial charge on any atom is 0.254 e. The van der Waals surface area contributed by atoms with Crippen LogP contribution in [0.1, 0.15) is 39.9 Å². The van der Waals surface area contributed by atoms with Gasteiger partial charge in [-0.05, 0) is 49.9 Å². The summed E-state index contributed by atoms with van der Waals surface area (Å²) < 4.78 is 27.1. The number of nitrogens with zero attached hydrogens (tertiary/aromatic N) is 2. The predicted molar refractivity (Wildman–Crippen MR) is 106 cm³/mol. The lowest BCUT2D eigenvalue weighted by Gasteiger charge is -2.20. The van der Waals surface area contributed by atoms with Crippen LogP contribution in [0, 0.1) is 13.8 Å². The van der Waals surface area contributed by atoms with Gasteiger partial charge in [-0.25, -0.2) is 8.42 Å². The number of sulfonamides is 1. The molecule has 0 spiro atoms. The third-order valence-electron chi connectivity index (χ3n) is 5.03. The molecule has 1 saturated heterocycles. The molecule has 3 rings (SSSR count). The Morgan fingerprint density at radius 3 is 2.30 bits per heavy atom. The molecular formula is C21H26N2O3S. The van der Waals surface area contributed by atoms with Gasteiger partial charge in [-0.15, -0.1) is 0 Å². The van der Waals surface area contributed by atoms with E-state index in [-0.39, 0.29) is 10.8 Å². The van der Waals surface area contributed by atoms with Crippen LogP contribution in [0.3, 0.4) is 0 Å². The average molecular weight is 387 g/mol. The average Bonchev–Trinajstić information content (AvgIpc) is 3.19. The summed E-state index contributed by atoms with van der Waals surface area (Å²) in [5.74, 6) is -0.174. The molecule has 1 fully saturated rings. The van der Waals surface area contributed by atoms with E-state index in [0.29, 0.717) is 25.2 Å². The van der Waals surface area contributed by atoms with Crippen LogP contribution in [0.4, 0.5) is 0 Å². The fraction of sp³-hybridized carbons (Fsp3) is 0.381. The van der Waals surface area contributed by atoms with Crippen molar-refractivity contribution in [3.8, 4) is 0 Å². The van der Waals surface area contributed by atoms with Gasteiger partial charge in [0, 0.05) is 32.2 Å². The molecule has 1 heterocycles. The van der Waals surface area contributed by atoms with Crippen LogP contribution >= 0.6 is 0 Å². The third kappa shape index (κ3) is 4.22. The summed E-state index contributed by atoms with van der Waals surface area (Å²) in [5.41, 5.74) is 3.42. The van der Waals surface area contributed by atoms with E-state index in [2.05, 4.69) is 0 Å². The molecule has 0 aromatic heterocycles. The smallest absolute Gasteiger partial charge is 0.254 e. The highest BCUT2D eigenvalue weighted by atomic mass is 32.2. The van der Waals surface area contributed by atoms with Gasteiger partial charge in [0.2, 0.25) is 10.0 Å². The second-order valence-electron chi connectivity index (χ2n) is 7.23. The summed E-state index contributed by atoms with van der Waals surface area (Å²) in [6.45, 7) is 5.43. The molecule has 5 nitrogen and oxygen atoms in total. The molecule has 0 bridgehead atoms. The SMILES string of the molecule is Cc1ccc(CN(C)C(=O)c2cc(S(=O)(=O)N3CCCC3)ccc2C)cc1.